The van der Waals surface area contributed by atoms with Gasteiger partial charge in [-0.1, -0.05) is 30.3 Å². The van der Waals surface area contributed by atoms with E-state index in [-0.39, 0.29) is 11.7 Å². The average Bonchev–Trinajstić information content (AvgIpc) is 3.38. The number of nitrogens with zero attached hydrogens (tertiary/aromatic N) is 5. The van der Waals surface area contributed by atoms with Gasteiger partial charge in [0.1, 0.15) is 18.0 Å². The third-order valence-corrected chi connectivity index (χ3v) is 6.32. The summed E-state index contributed by atoms with van der Waals surface area (Å²) in [5.74, 6) is 0.326. The number of anilines is 1. The summed E-state index contributed by atoms with van der Waals surface area (Å²) in [6, 6.07) is 8.59. The van der Waals surface area contributed by atoms with Gasteiger partial charge in [0.15, 0.2) is 0 Å². The van der Waals surface area contributed by atoms with Crippen molar-refractivity contribution in [2.75, 3.05) is 37.6 Å². The highest BCUT2D eigenvalue weighted by Crippen LogP contribution is 2.37. The molecule has 1 aromatic heterocycles. The topological polar surface area (TPSA) is 61.7 Å². The highest BCUT2D eigenvalue weighted by Gasteiger charge is 2.23. The summed E-state index contributed by atoms with van der Waals surface area (Å²) in [5, 5.41) is 1.21. The van der Waals surface area contributed by atoms with Gasteiger partial charge in [-0.2, -0.15) is 0 Å². The Morgan fingerprint density at radius 3 is 2.64 bits per heavy atom. The zero-order chi connectivity index (χ0) is 22.9. The number of fused-ring (bicyclic) bond motifs is 1. The number of piperazine rings is 1. The first-order valence-corrected chi connectivity index (χ1v) is 11.0. The summed E-state index contributed by atoms with van der Waals surface area (Å²) < 4.78 is 14.8. The van der Waals surface area contributed by atoms with Crippen LogP contribution >= 0.6 is 11.6 Å². The zero-order valence-electron chi connectivity index (χ0n) is 17.8. The first-order chi connectivity index (χ1) is 16.0. The van der Waals surface area contributed by atoms with Crippen molar-refractivity contribution >= 4 is 46.0 Å². The van der Waals surface area contributed by atoms with Crippen LogP contribution in [-0.2, 0) is 4.79 Å². The van der Waals surface area contributed by atoms with E-state index in [0.717, 1.165) is 22.3 Å². The Hall–Kier alpha value is -3.58. The molecule has 166 valence electrons. The van der Waals surface area contributed by atoms with E-state index in [1.807, 2.05) is 6.08 Å². The minimum absolute atomic E-state index is 0.0706. The highest BCUT2D eigenvalue weighted by atomic mass is 35.5. The molecule has 0 unspecified atom stereocenters. The van der Waals surface area contributed by atoms with Gasteiger partial charge < -0.3 is 9.80 Å². The van der Waals surface area contributed by atoms with Gasteiger partial charge in [0.25, 0.3) is 0 Å². The maximum atomic E-state index is 14.8. The van der Waals surface area contributed by atoms with Crippen molar-refractivity contribution in [1.82, 2.24) is 14.9 Å². The number of hydrogen-bond acceptors (Lipinski definition) is 5. The molecule has 1 amide bonds. The van der Waals surface area contributed by atoms with Crippen molar-refractivity contribution < 1.29 is 9.18 Å². The standard InChI is InChI=1S/C25H21ClFN5O/c1-2-24(33)31-7-9-32(10-8-31)25-20-12-21(26)18(13-23(20)29-15-30-25)19-11-16(3-4-22(19)27)17-5-6-28-14-17/h2-5,11-15H,1,6-10H2. The Balaban J connectivity index is 1.51. The molecule has 3 heterocycles. The first kappa shape index (κ1) is 21.3. The van der Waals surface area contributed by atoms with E-state index in [0.29, 0.717) is 54.4 Å². The number of amides is 1. The van der Waals surface area contributed by atoms with Crippen LogP contribution < -0.4 is 4.90 Å². The van der Waals surface area contributed by atoms with Gasteiger partial charge in [-0.15, -0.1) is 0 Å². The number of carbonyl (C=O) groups excluding carboxylic acids is 1. The van der Waals surface area contributed by atoms with E-state index in [1.54, 1.807) is 35.4 Å². The van der Waals surface area contributed by atoms with Crippen LogP contribution in [-0.4, -0.2) is 59.7 Å². The van der Waals surface area contributed by atoms with Crippen LogP contribution in [0.2, 0.25) is 5.02 Å². The van der Waals surface area contributed by atoms with Crippen LogP contribution in [0.4, 0.5) is 10.2 Å². The fourth-order valence-corrected chi connectivity index (χ4v) is 4.51. The lowest BCUT2D eigenvalue weighted by atomic mass is 9.98. The zero-order valence-corrected chi connectivity index (χ0v) is 18.6. The molecule has 0 spiro atoms. The molecule has 2 aliphatic rings. The Kier molecular flexibility index (Phi) is 5.64. The summed E-state index contributed by atoms with van der Waals surface area (Å²) in [6.07, 6.45) is 6.63. The van der Waals surface area contributed by atoms with E-state index >= 15 is 0 Å². The summed E-state index contributed by atoms with van der Waals surface area (Å²) in [4.78, 5) is 28.9. The highest BCUT2D eigenvalue weighted by molar-refractivity contribution is 6.34. The minimum Gasteiger partial charge on any atom is -0.352 e. The van der Waals surface area contributed by atoms with Gasteiger partial charge in [-0.05, 0) is 41.5 Å². The van der Waals surface area contributed by atoms with Crippen LogP contribution in [0, 0.1) is 5.82 Å². The maximum absolute atomic E-state index is 14.8. The Morgan fingerprint density at radius 2 is 1.91 bits per heavy atom. The smallest absolute Gasteiger partial charge is 0.246 e. The fraction of sp³-hybridized carbons (Fsp3) is 0.200. The molecule has 0 bridgehead atoms. The van der Waals surface area contributed by atoms with Crippen molar-refractivity contribution in [2.45, 2.75) is 0 Å². The lowest BCUT2D eigenvalue weighted by Gasteiger charge is -2.35. The molecule has 0 N–H and O–H groups in total. The van der Waals surface area contributed by atoms with Gasteiger partial charge in [0.2, 0.25) is 5.91 Å². The van der Waals surface area contributed by atoms with Gasteiger partial charge in [0, 0.05) is 53.9 Å². The third-order valence-electron chi connectivity index (χ3n) is 6.01. The van der Waals surface area contributed by atoms with Crippen molar-refractivity contribution in [3.05, 3.63) is 71.8 Å². The lowest BCUT2D eigenvalue weighted by Crippen LogP contribution is -2.48. The van der Waals surface area contributed by atoms with Gasteiger partial charge >= 0.3 is 0 Å². The molecule has 8 heteroatoms. The maximum Gasteiger partial charge on any atom is 0.246 e. The van der Waals surface area contributed by atoms with Crippen molar-refractivity contribution in [2.24, 2.45) is 4.99 Å². The largest absolute Gasteiger partial charge is 0.352 e. The third kappa shape index (κ3) is 4.00. The number of hydrogen-bond donors (Lipinski definition) is 0. The number of benzene rings is 2. The molecule has 1 saturated heterocycles. The lowest BCUT2D eigenvalue weighted by molar-refractivity contribution is -0.126. The number of allylic oxidation sites excluding steroid dienone is 1. The van der Waals surface area contributed by atoms with E-state index in [4.69, 9.17) is 11.6 Å². The summed E-state index contributed by atoms with van der Waals surface area (Å²) in [6.45, 7) is 6.63. The Bertz CT molecular complexity index is 1330. The molecule has 3 aromatic rings. The van der Waals surface area contributed by atoms with Crippen LogP contribution in [0.5, 0.6) is 0 Å². The summed E-state index contributed by atoms with van der Waals surface area (Å²) in [5.41, 5.74) is 3.52. The summed E-state index contributed by atoms with van der Waals surface area (Å²) >= 11 is 6.67. The molecular formula is C25H21ClFN5O. The SMILES string of the molecule is C=CC(=O)N1CCN(c2ncnc3cc(-c4cc(C5=CCN=C5)ccc4F)c(Cl)cc23)CC1. The van der Waals surface area contributed by atoms with E-state index in [9.17, 15) is 9.18 Å². The molecule has 2 aliphatic heterocycles. The number of carbonyl (C=O) groups is 1. The second kappa shape index (κ2) is 8.75. The molecule has 2 aromatic carbocycles. The van der Waals surface area contributed by atoms with Crippen LogP contribution in [0.15, 0.2) is 60.4 Å². The minimum atomic E-state index is -0.354. The molecule has 6 nitrogen and oxygen atoms in total. The fourth-order valence-electron chi connectivity index (χ4n) is 4.25. The van der Waals surface area contributed by atoms with Crippen molar-refractivity contribution in [1.29, 1.82) is 0 Å². The average molecular weight is 462 g/mol. The predicted octanol–water partition coefficient (Wildman–Crippen LogP) is 4.39. The molecule has 0 radical (unpaired) electrons. The quantitative estimate of drug-likeness (QED) is 0.540. The number of aromatic nitrogens is 2. The molecular weight excluding hydrogens is 441 g/mol. The predicted molar refractivity (Wildman–Crippen MR) is 130 cm³/mol. The van der Waals surface area contributed by atoms with Gasteiger partial charge in [0.05, 0.1) is 12.1 Å². The molecule has 33 heavy (non-hydrogen) atoms. The normalized spacial score (nSPS) is 15.8. The molecule has 1 fully saturated rings. The van der Waals surface area contributed by atoms with E-state index < -0.39 is 0 Å². The van der Waals surface area contributed by atoms with Crippen molar-refractivity contribution in [3.63, 3.8) is 0 Å². The molecule has 0 aliphatic carbocycles. The number of halogens is 2. The van der Waals surface area contributed by atoms with Crippen LogP contribution in [0.1, 0.15) is 5.56 Å². The number of rotatable bonds is 4. The van der Waals surface area contributed by atoms with Crippen LogP contribution in [0.3, 0.4) is 0 Å². The second-order valence-electron chi connectivity index (χ2n) is 7.91. The Labute approximate surface area is 195 Å². The molecule has 0 atom stereocenters. The first-order valence-electron chi connectivity index (χ1n) is 10.7. The second-order valence-corrected chi connectivity index (χ2v) is 8.32. The van der Waals surface area contributed by atoms with E-state index in [1.165, 1.54) is 18.5 Å². The van der Waals surface area contributed by atoms with Gasteiger partial charge in [-0.25, -0.2) is 14.4 Å². The van der Waals surface area contributed by atoms with E-state index in [2.05, 4.69) is 26.4 Å². The monoisotopic (exact) mass is 461 g/mol. The summed E-state index contributed by atoms with van der Waals surface area (Å²) in [7, 11) is 0. The molecule has 5 rings (SSSR count). The van der Waals surface area contributed by atoms with Crippen LogP contribution in [0.25, 0.3) is 27.6 Å². The molecule has 0 saturated carbocycles. The van der Waals surface area contributed by atoms with Crippen molar-refractivity contribution in [3.8, 4) is 11.1 Å². The Morgan fingerprint density at radius 1 is 1.09 bits per heavy atom. The van der Waals surface area contributed by atoms with Gasteiger partial charge in [-0.3, -0.25) is 9.79 Å². The number of aliphatic imine (C=N–C) groups is 1.